The molecule has 37 heavy (non-hydrogen) atoms. The van der Waals surface area contributed by atoms with Gasteiger partial charge in [-0.15, -0.1) is 11.3 Å². The van der Waals surface area contributed by atoms with Crippen LogP contribution in [0.3, 0.4) is 0 Å². The zero-order chi connectivity index (χ0) is 25.8. The van der Waals surface area contributed by atoms with E-state index in [2.05, 4.69) is 31.7 Å². The van der Waals surface area contributed by atoms with E-state index in [-0.39, 0.29) is 11.8 Å². The third-order valence-electron chi connectivity index (χ3n) is 6.77. The van der Waals surface area contributed by atoms with Gasteiger partial charge in [0.1, 0.15) is 24.4 Å². The molecule has 2 N–H and O–H groups in total. The summed E-state index contributed by atoms with van der Waals surface area (Å²) in [5, 5.41) is 19.2. The summed E-state index contributed by atoms with van der Waals surface area (Å²) in [6, 6.07) is 7.00. The summed E-state index contributed by atoms with van der Waals surface area (Å²) >= 11 is 1.40. The number of aryl methyl sites for hydroxylation is 1. The number of carbonyl (C=O) groups excluding carboxylic acids is 2. The largest absolute Gasteiger partial charge is 0.474 e. The summed E-state index contributed by atoms with van der Waals surface area (Å²) in [5.74, 6) is 0.457. The highest BCUT2D eigenvalue weighted by Crippen LogP contribution is 2.32. The van der Waals surface area contributed by atoms with Gasteiger partial charge in [-0.1, -0.05) is 25.7 Å². The van der Waals surface area contributed by atoms with Crippen molar-refractivity contribution in [1.29, 1.82) is 5.26 Å². The van der Waals surface area contributed by atoms with E-state index in [9.17, 15) is 14.9 Å². The summed E-state index contributed by atoms with van der Waals surface area (Å²) < 4.78 is 7.26. The topological polar surface area (TPSA) is 125 Å². The van der Waals surface area contributed by atoms with Gasteiger partial charge >= 0.3 is 0 Å². The van der Waals surface area contributed by atoms with Crippen LogP contribution in [0.2, 0.25) is 0 Å². The molecule has 3 aromatic heterocycles. The lowest BCUT2D eigenvalue weighted by molar-refractivity contribution is -0.118. The molecule has 0 bridgehead atoms. The second kappa shape index (κ2) is 11.0. The quantitative estimate of drug-likeness (QED) is 0.467. The van der Waals surface area contributed by atoms with Gasteiger partial charge in [-0.2, -0.15) is 10.4 Å². The van der Waals surface area contributed by atoms with Crippen molar-refractivity contribution in [1.82, 2.24) is 20.1 Å². The average Bonchev–Trinajstić information content (AvgIpc) is 3.67. The summed E-state index contributed by atoms with van der Waals surface area (Å²) in [7, 11) is 1.79. The van der Waals surface area contributed by atoms with Gasteiger partial charge in [0.05, 0.1) is 35.4 Å². The molecule has 0 saturated heterocycles. The first-order valence-electron chi connectivity index (χ1n) is 12.5. The Kier molecular flexibility index (Phi) is 7.37. The number of nitrogens with one attached hydrogen (secondary N) is 2. The number of rotatable bonds is 8. The van der Waals surface area contributed by atoms with Gasteiger partial charge < -0.3 is 20.3 Å². The fourth-order valence-electron chi connectivity index (χ4n) is 4.91. The van der Waals surface area contributed by atoms with Crippen molar-refractivity contribution in [3.05, 3.63) is 52.1 Å². The van der Waals surface area contributed by atoms with Crippen molar-refractivity contribution in [2.24, 2.45) is 13.0 Å². The number of anilines is 2. The van der Waals surface area contributed by atoms with Crippen molar-refractivity contribution < 1.29 is 14.3 Å². The first-order chi connectivity index (χ1) is 18.0. The molecule has 2 amide bonds. The van der Waals surface area contributed by atoms with Crippen molar-refractivity contribution in [2.75, 3.05) is 23.4 Å². The molecule has 3 aromatic rings. The summed E-state index contributed by atoms with van der Waals surface area (Å²) in [4.78, 5) is 34.2. The lowest BCUT2D eigenvalue weighted by Crippen LogP contribution is -2.44. The van der Waals surface area contributed by atoms with E-state index >= 15 is 0 Å². The number of aromatic nitrogens is 3. The zero-order valence-corrected chi connectivity index (χ0v) is 21.5. The molecule has 11 heteroatoms. The molecule has 1 fully saturated rings. The van der Waals surface area contributed by atoms with Crippen LogP contribution in [0, 0.1) is 17.2 Å². The molecule has 1 atom stereocenters. The number of carbonyl (C=O) groups is 2. The van der Waals surface area contributed by atoms with Crippen LogP contribution in [-0.2, 0) is 18.4 Å². The van der Waals surface area contributed by atoms with E-state index in [1.54, 1.807) is 36.3 Å². The normalized spacial score (nSPS) is 15.9. The molecule has 1 aliphatic carbocycles. The molecule has 2 aliphatic rings. The zero-order valence-electron chi connectivity index (χ0n) is 20.6. The minimum absolute atomic E-state index is 0.226. The molecular weight excluding hydrogens is 490 g/mol. The highest BCUT2D eigenvalue weighted by atomic mass is 32.1. The van der Waals surface area contributed by atoms with Crippen LogP contribution in [0.5, 0.6) is 5.88 Å². The Labute approximate surface area is 219 Å². The van der Waals surface area contributed by atoms with Crippen molar-refractivity contribution >= 4 is 34.5 Å². The highest BCUT2D eigenvalue weighted by molar-refractivity contribution is 7.14. The number of amides is 2. The molecule has 0 spiro atoms. The maximum absolute atomic E-state index is 13.2. The molecule has 0 aromatic carbocycles. The molecule has 4 heterocycles. The van der Waals surface area contributed by atoms with Gasteiger partial charge in [-0.25, -0.2) is 4.98 Å². The van der Waals surface area contributed by atoms with Gasteiger partial charge in [-0.05, 0) is 30.5 Å². The second-order valence-corrected chi connectivity index (χ2v) is 10.7. The Morgan fingerprint density at radius 2 is 2.14 bits per heavy atom. The first kappa shape index (κ1) is 24.8. The van der Waals surface area contributed by atoms with E-state index in [0.717, 1.165) is 23.4 Å². The second-order valence-electron chi connectivity index (χ2n) is 9.50. The number of thiophene rings is 1. The Morgan fingerprint density at radius 1 is 1.30 bits per heavy atom. The van der Waals surface area contributed by atoms with E-state index in [1.807, 2.05) is 6.07 Å². The number of nitriles is 1. The van der Waals surface area contributed by atoms with E-state index in [4.69, 9.17) is 4.74 Å². The standard InChI is InChI=1S/C26H29N7O3S/c1-32-15-19(14-29-32)30-24(34)21(10-17-4-2-3-5-17)31-25(35)23-7-6-20(37-23)16-33-8-9-36-26-22(33)11-18(12-27)13-28-26/h6-7,11,13-15,17,21H,2-5,8-10,16H2,1H3,(H,30,34)(H,31,35)/t21-/m0/s1. The molecule has 1 aliphatic heterocycles. The minimum atomic E-state index is -0.622. The van der Waals surface area contributed by atoms with Gasteiger partial charge in [0.2, 0.25) is 11.8 Å². The van der Waals surface area contributed by atoms with Gasteiger partial charge in [-0.3, -0.25) is 14.3 Å². The Morgan fingerprint density at radius 3 is 2.89 bits per heavy atom. The van der Waals surface area contributed by atoms with Gasteiger partial charge in [0.25, 0.3) is 5.91 Å². The Hall–Kier alpha value is -3.91. The van der Waals surface area contributed by atoms with Crippen molar-refractivity contribution in [3.63, 3.8) is 0 Å². The lowest BCUT2D eigenvalue weighted by Gasteiger charge is -2.30. The molecule has 192 valence electrons. The van der Waals surface area contributed by atoms with Gasteiger partial charge in [0, 0.05) is 24.3 Å². The fraction of sp³-hybridized carbons (Fsp3) is 0.423. The van der Waals surface area contributed by atoms with Crippen LogP contribution in [0.15, 0.2) is 36.8 Å². The van der Waals surface area contributed by atoms with Crippen LogP contribution in [0.1, 0.15) is 52.2 Å². The molecule has 0 unspecified atom stereocenters. The third-order valence-corrected chi connectivity index (χ3v) is 7.84. The Balaban J connectivity index is 1.26. The van der Waals surface area contributed by atoms with Crippen LogP contribution < -0.4 is 20.3 Å². The Bertz CT molecular complexity index is 1320. The monoisotopic (exact) mass is 519 g/mol. The number of fused-ring (bicyclic) bond motifs is 1. The number of hydrogen-bond donors (Lipinski definition) is 2. The average molecular weight is 520 g/mol. The first-order valence-corrected chi connectivity index (χ1v) is 13.3. The minimum Gasteiger partial charge on any atom is -0.474 e. The number of hydrogen-bond acceptors (Lipinski definition) is 8. The van der Waals surface area contributed by atoms with E-state index < -0.39 is 6.04 Å². The predicted octanol–water partition coefficient (Wildman–Crippen LogP) is 3.46. The SMILES string of the molecule is Cn1cc(NC(=O)[C@H](CC2CCCC2)NC(=O)c2ccc(CN3CCOc4ncc(C#N)cc43)s2)cn1. The summed E-state index contributed by atoms with van der Waals surface area (Å²) in [6.45, 7) is 1.72. The maximum atomic E-state index is 13.2. The molecule has 10 nitrogen and oxygen atoms in total. The molecule has 1 saturated carbocycles. The van der Waals surface area contributed by atoms with Crippen LogP contribution >= 0.6 is 11.3 Å². The third kappa shape index (κ3) is 5.91. The van der Waals surface area contributed by atoms with Crippen LogP contribution in [0.25, 0.3) is 0 Å². The van der Waals surface area contributed by atoms with Gasteiger partial charge in [0.15, 0.2) is 0 Å². The number of nitrogens with zero attached hydrogens (tertiary/aromatic N) is 5. The summed E-state index contributed by atoms with van der Waals surface area (Å²) in [5.41, 5.74) is 1.85. The van der Waals surface area contributed by atoms with E-state index in [0.29, 0.717) is 54.0 Å². The predicted molar refractivity (Wildman–Crippen MR) is 139 cm³/mol. The highest BCUT2D eigenvalue weighted by Gasteiger charge is 2.28. The molecule has 5 rings (SSSR count). The lowest BCUT2D eigenvalue weighted by atomic mass is 9.97. The molecule has 0 radical (unpaired) electrons. The fourth-order valence-corrected chi connectivity index (χ4v) is 5.83. The summed E-state index contributed by atoms with van der Waals surface area (Å²) in [6.07, 6.45) is 9.95. The number of pyridine rings is 1. The maximum Gasteiger partial charge on any atom is 0.262 e. The van der Waals surface area contributed by atoms with Crippen molar-refractivity contribution in [2.45, 2.75) is 44.7 Å². The smallest absolute Gasteiger partial charge is 0.262 e. The number of ether oxygens (including phenoxy) is 1. The van der Waals surface area contributed by atoms with Crippen LogP contribution in [-0.4, -0.2) is 45.8 Å². The van der Waals surface area contributed by atoms with Crippen LogP contribution in [0.4, 0.5) is 11.4 Å². The molecular formula is C26H29N7O3S. The van der Waals surface area contributed by atoms with E-state index in [1.165, 1.54) is 30.4 Å². The van der Waals surface area contributed by atoms with Crippen molar-refractivity contribution in [3.8, 4) is 11.9 Å².